The van der Waals surface area contributed by atoms with Crippen LogP contribution in [0.5, 0.6) is 0 Å². The molecule has 0 N–H and O–H groups in total. The molecular weight excluding hydrogens is 597 g/mol. The molecule has 0 atom stereocenters. The normalized spacial score (nSPS) is 11.7. The molecule has 0 amide bonds. The van der Waals surface area contributed by atoms with Gasteiger partial charge in [0.2, 0.25) is 0 Å². The molecule has 2 heterocycles. The Bertz CT molecular complexity index is 2810. The Morgan fingerprint density at radius 2 is 1.02 bits per heavy atom. The molecule has 3 heteroatoms. The molecule has 49 heavy (non-hydrogen) atoms. The van der Waals surface area contributed by atoms with Gasteiger partial charge in [-0.1, -0.05) is 109 Å². The summed E-state index contributed by atoms with van der Waals surface area (Å²) in [6.07, 6.45) is 0. The predicted molar refractivity (Wildman–Crippen MR) is 206 cm³/mol. The van der Waals surface area contributed by atoms with Crippen LogP contribution in [0.2, 0.25) is 0 Å². The smallest absolute Gasteiger partial charge is 0.136 e. The third kappa shape index (κ3) is 4.44. The van der Waals surface area contributed by atoms with E-state index in [2.05, 4.69) is 179 Å². The summed E-state index contributed by atoms with van der Waals surface area (Å²) in [6, 6.07) is 65.0. The number of nitrogens with zero attached hydrogens (tertiary/aromatic N) is 2. The van der Waals surface area contributed by atoms with Gasteiger partial charge in [-0.15, -0.1) is 0 Å². The molecule has 8 aromatic carbocycles. The number of aromatic nitrogens is 1. The first-order valence-corrected chi connectivity index (χ1v) is 16.7. The largest absolute Gasteiger partial charge is 0.456 e. The van der Waals surface area contributed by atoms with Crippen molar-refractivity contribution in [1.82, 2.24) is 4.57 Å². The minimum atomic E-state index is 0.912. The molecule has 2 aromatic heterocycles. The van der Waals surface area contributed by atoms with Crippen LogP contribution in [-0.2, 0) is 0 Å². The van der Waals surface area contributed by atoms with E-state index in [9.17, 15) is 0 Å². The molecule has 0 aliphatic rings. The molecule has 0 spiro atoms. The molecule has 10 rings (SSSR count). The van der Waals surface area contributed by atoms with Crippen LogP contribution >= 0.6 is 0 Å². The Morgan fingerprint density at radius 1 is 0.388 bits per heavy atom. The van der Waals surface area contributed by atoms with E-state index in [0.29, 0.717) is 0 Å². The van der Waals surface area contributed by atoms with Crippen molar-refractivity contribution in [2.75, 3.05) is 4.90 Å². The van der Waals surface area contributed by atoms with Gasteiger partial charge in [0, 0.05) is 44.3 Å². The minimum Gasteiger partial charge on any atom is -0.456 e. The second kappa shape index (κ2) is 11.0. The Hall–Kier alpha value is -6.58. The van der Waals surface area contributed by atoms with Crippen molar-refractivity contribution in [2.24, 2.45) is 0 Å². The van der Waals surface area contributed by atoms with Crippen LogP contribution in [0.25, 0.3) is 71.3 Å². The van der Waals surface area contributed by atoms with Gasteiger partial charge in [0.25, 0.3) is 0 Å². The van der Waals surface area contributed by atoms with Gasteiger partial charge in [0.05, 0.1) is 11.0 Å². The lowest BCUT2D eigenvalue weighted by atomic mass is 10.0. The first-order chi connectivity index (χ1) is 24.3. The van der Waals surface area contributed by atoms with E-state index in [-0.39, 0.29) is 0 Å². The number of hydrogen-bond acceptors (Lipinski definition) is 2. The van der Waals surface area contributed by atoms with E-state index in [1.807, 2.05) is 12.1 Å². The van der Waals surface area contributed by atoms with Crippen molar-refractivity contribution in [1.29, 1.82) is 0 Å². The van der Waals surface area contributed by atoms with Gasteiger partial charge in [0.15, 0.2) is 0 Å². The molecule has 0 aliphatic heterocycles. The van der Waals surface area contributed by atoms with Crippen molar-refractivity contribution < 1.29 is 4.42 Å². The van der Waals surface area contributed by atoms with Crippen LogP contribution < -0.4 is 4.90 Å². The van der Waals surface area contributed by atoms with Gasteiger partial charge in [-0.25, -0.2) is 0 Å². The van der Waals surface area contributed by atoms with Crippen molar-refractivity contribution in [3.8, 4) is 16.8 Å². The molecule has 3 nitrogen and oxygen atoms in total. The highest BCUT2D eigenvalue weighted by atomic mass is 16.3. The van der Waals surface area contributed by atoms with Crippen molar-refractivity contribution in [3.05, 3.63) is 182 Å². The average molecular weight is 627 g/mol. The Balaban J connectivity index is 1.18. The zero-order chi connectivity index (χ0) is 32.3. The number of hydrogen-bond donors (Lipinski definition) is 0. The van der Waals surface area contributed by atoms with Crippen molar-refractivity contribution in [3.63, 3.8) is 0 Å². The Labute approximate surface area is 283 Å². The first kappa shape index (κ1) is 27.5. The number of furan rings is 1. The summed E-state index contributed by atoms with van der Waals surface area (Å²) in [7, 11) is 0. The Kier molecular flexibility index (Phi) is 6.18. The fraction of sp³-hybridized carbons (Fsp3) is 0. The summed E-state index contributed by atoms with van der Waals surface area (Å²) >= 11 is 0. The van der Waals surface area contributed by atoms with Crippen LogP contribution in [-0.4, -0.2) is 4.57 Å². The summed E-state index contributed by atoms with van der Waals surface area (Å²) in [5.41, 5.74) is 11.1. The lowest BCUT2D eigenvalue weighted by Gasteiger charge is -2.26. The van der Waals surface area contributed by atoms with Crippen LogP contribution in [0.3, 0.4) is 0 Å². The van der Waals surface area contributed by atoms with E-state index in [1.165, 1.54) is 43.7 Å². The maximum atomic E-state index is 6.22. The topological polar surface area (TPSA) is 21.3 Å². The van der Waals surface area contributed by atoms with Crippen LogP contribution in [0.15, 0.2) is 186 Å². The molecule has 0 unspecified atom stereocenters. The van der Waals surface area contributed by atoms with Gasteiger partial charge in [-0.05, 0) is 94.7 Å². The highest BCUT2D eigenvalue weighted by Gasteiger charge is 2.19. The van der Waals surface area contributed by atoms with E-state index in [0.717, 1.165) is 44.7 Å². The molecule has 10 aromatic rings. The highest BCUT2D eigenvalue weighted by molar-refractivity contribution is 6.19. The number of rotatable bonds is 5. The predicted octanol–water partition coefficient (Wildman–Crippen LogP) is 13.0. The second-order valence-corrected chi connectivity index (χ2v) is 12.6. The maximum absolute atomic E-state index is 6.22. The number of para-hydroxylation sites is 3. The van der Waals surface area contributed by atoms with Crippen molar-refractivity contribution in [2.45, 2.75) is 0 Å². The summed E-state index contributed by atoms with van der Waals surface area (Å²) in [5.74, 6) is 0. The zero-order valence-corrected chi connectivity index (χ0v) is 26.6. The van der Waals surface area contributed by atoms with E-state index in [4.69, 9.17) is 4.42 Å². The van der Waals surface area contributed by atoms with Gasteiger partial charge in [0.1, 0.15) is 11.2 Å². The van der Waals surface area contributed by atoms with Gasteiger partial charge >= 0.3 is 0 Å². The van der Waals surface area contributed by atoms with Crippen molar-refractivity contribution >= 4 is 71.6 Å². The fourth-order valence-electron chi connectivity index (χ4n) is 7.52. The Morgan fingerprint density at radius 3 is 1.86 bits per heavy atom. The SMILES string of the molecule is c1ccc(-c2ccc(N(c3ccc4c(ccc5oc6ccccc6c54)c3)c3ccc4c(c3)c3ccccc3n4-c3ccccc3)cc2)cc1. The number of fused-ring (bicyclic) bond motifs is 8. The standard InChI is InChI=1S/C46H30N2O/c1-3-11-31(12-4-1)32-19-22-35(23-20-32)47(36-24-26-38-33(29-36)21-28-45-46(38)40-16-8-10-18-44(40)49-45)37-25-27-43-41(30-37)39-15-7-9-17-42(39)48(43)34-13-5-2-6-14-34/h1-30H. The van der Waals surface area contributed by atoms with E-state index in [1.54, 1.807) is 0 Å². The molecule has 0 radical (unpaired) electrons. The maximum Gasteiger partial charge on any atom is 0.136 e. The van der Waals surface area contributed by atoms with E-state index < -0.39 is 0 Å². The van der Waals surface area contributed by atoms with Gasteiger partial charge in [-0.3, -0.25) is 0 Å². The molecule has 0 aliphatic carbocycles. The van der Waals surface area contributed by atoms with Crippen LogP contribution in [0.4, 0.5) is 17.1 Å². The lowest BCUT2D eigenvalue weighted by Crippen LogP contribution is -2.10. The summed E-state index contributed by atoms with van der Waals surface area (Å²) in [6.45, 7) is 0. The third-order valence-electron chi connectivity index (χ3n) is 9.76. The van der Waals surface area contributed by atoms with Gasteiger partial charge in [-0.2, -0.15) is 0 Å². The van der Waals surface area contributed by atoms with Crippen LogP contribution in [0, 0.1) is 0 Å². The van der Waals surface area contributed by atoms with Crippen LogP contribution in [0.1, 0.15) is 0 Å². The second-order valence-electron chi connectivity index (χ2n) is 12.6. The van der Waals surface area contributed by atoms with E-state index >= 15 is 0 Å². The minimum absolute atomic E-state index is 0.912. The molecule has 0 saturated heterocycles. The summed E-state index contributed by atoms with van der Waals surface area (Å²) in [4.78, 5) is 2.37. The monoisotopic (exact) mass is 626 g/mol. The first-order valence-electron chi connectivity index (χ1n) is 16.7. The zero-order valence-electron chi connectivity index (χ0n) is 26.6. The lowest BCUT2D eigenvalue weighted by molar-refractivity contribution is 0.669. The molecular formula is C46H30N2O. The summed E-state index contributed by atoms with van der Waals surface area (Å²) < 4.78 is 8.59. The number of anilines is 3. The molecule has 0 fully saturated rings. The molecule has 0 bridgehead atoms. The van der Waals surface area contributed by atoms with Gasteiger partial charge < -0.3 is 13.9 Å². The number of benzene rings is 8. The average Bonchev–Trinajstić information content (AvgIpc) is 3.72. The fourth-order valence-corrected chi connectivity index (χ4v) is 7.52. The molecule has 230 valence electrons. The molecule has 0 saturated carbocycles. The highest BCUT2D eigenvalue weighted by Crippen LogP contribution is 2.42. The quantitative estimate of drug-likeness (QED) is 0.190. The third-order valence-corrected chi connectivity index (χ3v) is 9.76. The summed E-state index contributed by atoms with van der Waals surface area (Å²) in [5, 5.41) is 7.11.